The van der Waals surface area contributed by atoms with E-state index < -0.39 is 0 Å². The van der Waals surface area contributed by atoms with Crippen LogP contribution >= 0.6 is 0 Å². The molecule has 6 nitrogen and oxygen atoms in total. The van der Waals surface area contributed by atoms with Crippen molar-refractivity contribution in [1.82, 2.24) is 9.78 Å². The van der Waals surface area contributed by atoms with E-state index in [1.165, 1.54) is 6.07 Å². The van der Waals surface area contributed by atoms with E-state index in [0.717, 1.165) is 31.4 Å². The van der Waals surface area contributed by atoms with Gasteiger partial charge in [0.25, 0.3) is 5.69 Å². The Balaban J connectivity index is 2.08. The summed E-state index contributed by atoms with van der Waals surface area (Å²) in [6.45, 7) is 0.723. The van der Waals surface area contributed by atoms with Crippen LogP contribution in [0, 0.1) is 10.1 Å². The number of non-ortho nitro benzene ring substituents is 1. The zero-order chi connectivity index (χ0) is 12.5. The van der Waals surface area contributed by atoms with Crippen LogP contribution in [-0.4, -0.2) is 21.3 Å². The van der Waals surface area contributed by atoms with Gasteiger partial charge in [-0.25, -0.2) is 4.68 Å². The van der Waals surface area contributed by atoms with Crippen molar-refractivity contribution in [1.29, 1.82) is 0 Å². The smallest absolute Gasteiger partial charge is 0.280 e. The molecule has 18 heavy (non-hydrogen) atoms. The second-order valence-corrected chi connectivity index (χ2v) is 4.38. The van der Waals surface area contributed by atoms with Gasteiger partial charge in [0.1, 0.15) is 0 Å². The van der Waals surface area contributed by atoms with Crippen molar-refractivity contribution in [3.05, 3.63) is 34.5 Å². The Morgan fingerprint density at radius 1 is 1.44 bits per heavy atom. The minimum absolute atomic E-state index is 0.0922. The lowest BCUT2D eigenvalue weighted by atomic mass is 10.2. The molecule has 1 atom stereocenters. The fourth-order valence-electron chi connectivity index (χ4n) is 2.36. The van der Waals surface area contributed by atoms with Crippen molar-refractivity contribution < 1.29 is 9.66 Å². The molecule has 0 radical (unpaired) electrons. The van der Waals surface area contributed by atoms with Gasteiger partial charge in [-0.1, -0.05) is 6.07 Å². The number of aromatic nitrogens is 2. The zero-order valence-electron chi connectivity index (χ0n) is 9.78. The molecular formula is C12H13N3O3. The van der Waals surface area contributed by atoms with Crippen molar-refractivity contribution in [3.8, 4) is 0 Å². The maximum Gasteiger partial charge on any atom is 0.280 e. The summed E-state index contributed by atoms with van der Waals surface area (Å²) in [6.07, 6.45) is 4.51. The van der Waals surface area contributed by atoms with Crippen LogP contribution in [0.5, 0.6) is 0 Å². The Morgan fingerprint density at radius 3 is 3.06 bits per heavy atom. The van der Waals surface area contributed by atoms with Crippen LogP contribution in [0.3, 0.4) is 0 Å². The molecule has 1 unspecified atom stereocenters. The van der Waals surface area contributed by atoms with E-state index in [9.17, 15) is 10.1 Å². The van der Waals surface area contributed by atoms with Crippen molar-refractivity contribution >= 4 is 16.6 Å². The molecule has 6 heteroatoms. The highest BCUT2D eigenvalue weighted by molar-refractivity contribution is 5.87. The SMILES string of the molecule is O=[N+]([O-])c1cccc2c1cnn2C1CCCCO1. The number of ether oxygens (including phenoxy) is 1. The van der Waals surface area contributed by atoms with E-state index in [1.54, 1.807) is 16.9 Å². The van der Waals surface area contributed by atoms with Gasteiger partial charge in [-0.15, -0.1) is 0 Å². The van der Waals surface area contributed by atoms with Gasteiger partial charge < -0.3 is 4.74 Å². The second-order valence-electron chi connectivity index (χ2n) is 4.38. The molecule has 2 aromatic rings. The maximum absolute atomic E-state index is 10.9. The molecule has 1 saturated heterocycles. The molecule has 94 valence electrons. The third-order valence-corrected chi connectivity index (χ3v) is 3.24. The average Bonchev–Trinajstić information content (AvgIpc) is 2.83. The van der Waals surface area contributed by atoms with E-state index in [1.807, 2.05) is 6.07 Å². The predicted octanol–water partition coefficient (Wildman–Crippen LogP) is 2.64. The molecule has 0 aliphatic carbocycles. The van der Waals surface area contributed by atoms with E-state index in [-0.39, 0.29) is 16.8 Å². The fraction of sp³-hybridized carbons (Fsp3) is 0.417. The van der Waals surface area contributed by atoms with Gasteiger partial charge in [0, 0.05) is 12.7 Å². The van der Waals surface area contributed by atoms with Crippen LogP contribution in [0.25, 0.3) is 10.9 Å². The number of hydrogen-bond donors (Lipinski definition) is 0. The van der Waals surface area contributed by atoms with Gasteiger partial charge in [-0.05, 0) is 25.3 Å². The first kappa shape index (κ1) is 11.2. The van der Waals surface area contributed by atoms with E-state index >= 15 is 0 Å². The first-order valence-electron chi connectivity index (χ1n) is 5.99. The fourth-order valence-corrected chi connectivity index (χ4v) is 2.36. The Kier molecular flexibility index (Phi) is 2.71. The summed E-state index contributed by atoms with van der Waals surface area (Å²) in [4.78, 5) is 10.6. The van der Waals surface area contributed by atoms with Crippen LogP contribution < -0.4 is 0 Å². The van der Waals surface area contributed by atoms with Gasteiger partial charge in [0.05, 0.1) is 22.0 Å². The molecule has 3 rings (SSSR count). The third kappa shape index (κ3) is 1.74. The molecule has 2 heterocycles. The lowest BCUT2D eigenvalue weighted by Gasteiger charge is -2.23. The molecule has 1 aliphatic rings. The van der Waals surface area contributed by atoms with E-state index in [4.69, 9.17) is 4.74 Å². The topological polar surface area (TPSA) is 70.2 Å². The second kappa shape index (κ2) is 4.38. The van der Waals surface area contributed by atoms with Gasteiger partial charge in [0.2, 0.25) is 0 Å². The highest BCUT2D eigenvalue weighted by atomic mass is 16.6. The van der Waals surface area contributed by atoms with Crippen molar-refractivity contribution in [2.45, 2.75) is 25.5 Å². The summed E-state index contributed by atoms with van der Waals surface area (Å²) >= 11 is 0. The monoisotopic (exact) mass is 247 g/mol. The van der Waals surface area contributed by atoms with Gasteiger partial charge in [-0.3, -0.25) is 10.1 Å². The molecule has 0 amide bonds. The van der Waals surface area contributed by atoms with Crippen LogP contribution in [-0.2, 0) is 4.74 Å². The van der Waals surface area contributed by atoms with Crippen molar-refractivity contribution in [3.63, 3.8) is 0 Å². The Labute approximate surface area is 103 Å². The number of nitrogens with zero attached hydrogens (tertiary/aromatic N) is 3. The molecular weight excluding hydrogens is 234 g/mol. The predicted molar refractivity (Wildman–Crippen MR) is 65.2 cm³/mol. The van der Waals surface area contributed by atoms with Gasteiger partial charge in [-0.2, -0.15) is 5.10 Å². The van der Waals surface area contributed by atoms with Crippen molar-refractivity contribution in [2.24, 2.45) is 0 Å². The summed E-state index contributed by atoms with van der Waals surface area (Å²) in [7, 11) is 0. The number of nitro groups is 1. The number of fused-ring (bicyclic) bond motifs is 1. The van der Waals surface area contributed by atoms with Gasteiger partial charge >= 0.3 is 0 Å². The third-order valence-electron chi connectivity index (χ3n) is 3.24. The highest BCUT2D eigenvalue weighted by Crippen LogP contribution is 2.30. The Morgan fingerprint density at radius 2 is 2.33 bits per heavy atom. The summed E-state index contributed by atoms with van der Waals surface area (Å²) in [6, 6.07) is 5.02. The van der Waals surface area contributed by atoms with Crippen LogP contribution in [0.2, 0.25) is 0 Å². The lowest BCUT2D eigenvalue weighted by molar-refractivity contribution is -0.383. The quantitative estimate of drug-likeness (QED) is 0.604. The number of nitro benzene ring substituents is 1. The molecule has 0 N–H and O–H groups in total. The Hall–Kier alpha value is -1.95. The minimum atomic E-state index is -0.379. The first-order chi connectivity index (χ1) is 8.77. The van der Waals surface area contributed by atoms with E-state index in [0.29, 0.717) is 5.39 Å². The first-order valence-corrected chi connectivity index (χ1v) is 5.99. The summed E-state index contributed by atoms with van der Waals surface area (Å²) in [5.41, 5.74) is 0.852. The van der Waals surface area contributed by atoms with Crippen LogP contribution in [0.15, 0.2) is 24.4 Å². The molecule has 0 bridgehead atoms. The van der Waals surface area contributed by atoms with Crippen molar-refractivity contribution in [2.75, 3.05) is 6.61 Å². The van der Waals surface area contributed by atoms with Gasteiger partial charge in [0.15, 0.2) is 6.23 Å². The molecule has 1 aliphatic heterocycles. The largest absolute Gasteiger partial charge is 0.356 e. The minimum Gasteiger partial charge on any atom is -0.356 e. The maximum atomic E-state index is 10.9. The molecule has 0 saturated carbocycles. The van der Waals surface area contributed by atoms with Crippen LogP contribution in [0.4, 0.5) is 5.69 Å². The average molecular weight is 247 g/mol. The van der Waals surface area contributed by atoms with Crippen LogP contribution in [0.1, 0.15) is 25.5 Å². The normalized spacial score (nSPS) is 20.1. The standard InChI is InChI=1S/C12H13N3O3/c16-15(17)11-5-3-4-10-9(11)8-13-14(10)12-6-1-2-7-18-12/h3-5,8,12H,1-2,6-7H2. The molecule has 0 spiro atoms. The molecule has 1 fully saturated rings. The summed E-state index contributed by atoms with van der Waals surface area (Å²) < 4.78 is 7.41. The molecule has 1 aromatic heterocycles. The molecule has 1 aromatic carbocycles. The number of benzene rings is 1. The summed E-state index contributed by atoms with van der Waals surface area (Å²) in [5.74, 6) is 0. The highest BCUT2D eigenvalue weighted by Gasteiger charge is 2.21. The Bertz CT molecular complexity index is 587. The number of rotatable bonds is 2. The zero-order valence-corrected chi connectivity index (χ0v) is 9.78. The number of hydrogen-bond acceptors (Lipinski definition) is 4. The summed E-state index contributed by atoms with van der Waals surface area (Å²) in [5, 5.41) is 15.8. The lowest BCUT2D eigenvalue weighted by Crippen LogP contribution is -2.18. The van der Waals surface area contributed by atoms with E-state index in [2.05, 4.69) is 5.10 Å².